The summed E-state index contributed by atoms with van der Waals surface area (Å²) >= 11 is 3.16. The molecule has 0 aromatic heterocycles. The van der Waals surface area contributed by atoms with Gasteiger partial charge in [0.1, 0.15) is 6.61 Å². The number of halogens is 4. The number of rotatable bonds is 2. The summed E-state index contributed by atoms with van der Waals surface area (Å²) in [4.78, 5) is -0.125. The molecule has 1 aliphatic rings. The molecule has 1 saturated heterocycles. The van der Waals surface area contributed by atoms with Gasteiger partial charge >= 0.3 is 6.18 Å². The van der Waals surface area contributed by atoms with E-state index >= 15 is 0 Å². The quantitative estimate of drug-likeness (QED) is 0.694. The Morgan fingerprint density at radius 3 is 2.50 bits per heavy atom. The highest BCUT2D eigenvalue weighted by Gasteiger charge is 2.33. The summed E-state index contributed by atoms with van der Waals surface area (Å²) in [5.74, 6) is 0. The van der Waals surface area contributed by atoms with Crippen LogP contribution in [0.4, 0.5) is 13.2 Å². The van der Waals surface area contributed by atoms with E-state index in [4.69, 9.17) is 4.74 Å². The van der Waals surface area contributed by atoms with E-state index in [1.165, 1.54) is 0 Å². The third-order valence-electron chi connectivity index (χ3n) is 1.42. The topological polar surface area (TPSA) is 18.5 Å². The Kier molecular flexibility index (Phi) is 3.37. The van der Waals surface area contributed by atoms with E-state index in [9.17, 15) is 13.2 Å². The smallest absolute Gasteiger partial charge is 0.377 e. The van der Waals surface area contributed by atoms with Gasteiger partial charge in [-0.1, -0.05) is 15.9 Å². The lowest BCUT2D eigenvalue weighted by molar-refractivity contribution is -0.184. The SMILES string of the molecule is FC(F)(F)COC1COCC1Br. The Labute approximate surface area is 76.1 Å². The van der Waals surface area contributed by atoms with Crippen molar-refractivity contribution in [1.82, 2.24) is 0 Å². The van der Waals surface area contributed by atoms with Crippen molar-refractivity contribution in [2.45, 2.75) is 17.1 Å². The summed E-state index contributed by atoms with van der Waals surface area (Å²) in [6.45, 7) is -0.572. The third-order valence-corrected chi connectivity index (χ3v) is 2.28. The normalized spacial score (nSPS) is 31.0. The summed E-state index contributed by atoms with van der Waals surface area (Å²) in [5.41, 5.74) is 0. The Morgan fingerprint density at radius 2 is 2.08 bits per heavy atom. The van der Waals surface area contributed by atoms with Crippen LogP contribution in [0.15, 0.2) is 0 Å². The monoisotopic (exact) mass is 248 g/mol. The molecule has 1 fully saturated rings. The molecule has 2 nitrogen and oxygen atoms in total. The first-order valence-corrected chi connectivity index (χ1v) is 4.31. The van der Waals surface area contributed by atoms with Gasteiger partial charge in [0.05, 0.1) is 24.1 Å². The van der Waals surface area contributed by atoms with Gasteiger partial charge in [-0.15, -0.1) is 0 Å². The maximum absolute atomic E-state index is 11.7. The molecule has 12 heavy (non-hydrogen) atoms. The molecule has 1 aliphatic heterocycles. The Morgan fingerprint density at radius 1 is 1.42 bits per heavy atom. The van der Waals surface area contributed by atoms with E-state index in [0.29, 0.717) is 6.61 Å². The highest BCUT2D eigenvalue weighted by molar-refractivity contribution is 9.09. The van der Waals surface area contributed by atoms with E-state index in [0.717, 1.165) is 0 Å². The number of hydrogen-bond donors (Lipinski definition) is 0. The van der Waals surface area contributed by atoms with E-state index in [-0.39, 0.29) is 11.4 Å². The zero-order valence-electron chi connectivity index (χ0n) is 6.10. The van der Waals surface area contributed by atoms with Crippen LogP contribution in [0.2, 0.25) is 0 Å². The number of hydrogen-bond acceptors (Lipinski definition) is 2. The summed E-state index contributed by atoms with van der Waals surface area (Å²) in [7, 11) is 0. The minimum absolute atomic E-state index is 0.125. The third kappa shape index (κ3) is 3.28. The van der Waals surface area contributed by atoms with Crippen LogP contribution in [0.25, 0.3) is 0 Å². The van der Waals surface area contributed by atoms with Crippen molar-refractivity contribution < 1.29 is 22.6 Å². The van der Waals surface area contributed by atoms with Crippen LogP contribution >= 0.6 is 15.9 Å². The Bertz CT molecular complexity index is 150. The molecule has 1 heterocycles. The standard InChI is InChI=1S/C6H8BrF3O2/c7-4-1-11-2-5(4)12-3-6(8,9)10/h4-5H,1-3H2. The lowest BCUT2D eigenvalue weighted by Gasteiger charge is -2.14. The minimum Gasteiger partial charge on any atom is -0.377 e. The largest absolute Gasteiger partial charge is 0.411 e. The fourth-order valence-corrected chi connectivity index (χ4v) is 1.35. The van der Waals surface area contributed by atoms with Gasteiger partial charge in [-0.3, -0.25) is 0 Å². The molecule has 72 valence electrons. The number of alkyl halides is 4. The minimum atomic E-state index is -4.25. The van der Waals surface area contributed by atoms with Crippen molar-refractivity contribution in [3.8, 4) is 0 Å². The average Bonchev–Trinajstić information content (AvgIpc) is 2.29. The van der Waals surface area contributed by atoms with Gasteiger partial charge in [-0.25, -0.2) is 0 Å². The fraction of sp³-hybridized carbons (Fsp3) is 1.00. The van der Waals surface area contributed by atoms with Gasteiger partial charge in [0.25, 0.3) is 0 Å². The van der Waals surface area contributed by atoms with Crippen molar-refractivity contribution in [2.75, 3.05) is 19.8 Å². The maximum Gasteiger partial charge on any atom is 0.411 e. The van der Waals surface area contributed by atoms with Gasteiger partial charge in [0.15, 0.2) is 0 Å². The molecule has 0 bridgehead atoms. The molecule has 0 spiro atoms. The Balaban J connectivity index is 2.23. The molecule has 0 amide bonds. The maximum atomic E-state index is 11.7. The molecule has 2 unspecified atom stereocenters. The van der Waals surface area contributed by atoms with Crippen LogP contribution in [0, 0.1) is 0 Å². The predicted octanol–water partition coefficient (Wildman–Crippen LogP) is 1.73. The van der Waals surface area contributed by atoms with Crippen molar-refractivity contribution in [3.05, 3.63) is 0 Å². The lowest BCUT2D eigenvalue weighted by atomic mass is 10.3. The molecule has 0 aromatic rings. The molecule has 1 rings (SSSR count). The molecule has 0 aromatic carbocycles. The van der Waals surface area contributed by atoms with Crippen molar-refractivity contribution in [2.24, 2.45) is 0 Å². The zero-order chi connectivity index (χ0) is 9.19. The first-order chi connectivity index (χ1) is 5.49. The molecule has 0 N–H and O–H groups in total. The second-order valence-electron chi connectivity index (χ2n) is 2.52. The van der Waals surface area contributed by atoms with Crippen LogP contribution in [-0.2, 0) is 9.47 Å². The molecule has 6 heteroatoms. The summed E-state index contributed by atoms with van der Waals surface area (Å²) in [5, 5.41) is 0. The lowest BCUT2D eigenvalue weighted by Crippen LogP contribution is -2.28. The Hall–Kier alpha value is 0.190. The molecule has 0 saturated carbocycles. The molecule has 0 aliphatic carbocycles. The first-order valence-electron chi connectivity index (χ1n) is 3.39. The molecular weight excluding hydrogens is 241 g/mol. The van der Waals surface area contributed by atoms with Crippen molar-refractivity contribution in [3.63, 3.8) is 0 Å². The van der Waals surface area contributed by atoms with E-state index in [2.05, 4.69) is 20.7 Å². The zero-order valence-corrected chi connectivity index (χ0v) is 7.69. The van der Waals surface area contributed by atoms with Crippen LogP contribution in [0.1, 0.15) is 0 Å². The highest BCUT2D eigenvalue weighted by Crippen LogP contribution is 2.21. The molecule has 2 atom stereocenters. The highest BCUT2D eigenvalue weighted by atomic mass is 79.9. The van der Waals surface area contributed by atoms with Crippen molar-refractivity contribution >= 4 is 15.9 Å². The average molecular weight is 249 g/mol. The summed E-state index contributed by atoms with van der Waals surface area (Å²) in [6.07, 6.45) is -4.73. The fourth-order valence-electron chi connectivity index (χ4n) is 0.863. The first kappa shape index (κ1) is 10.3. The van der Waals surface area contributed by atoms with Crippen LogP contribution < -0.4 is 0 Å². The van der Waals surface area contributed by atoms with Crippen molar-refractivity contribution in [1.29, 1.82) is 0 Å². The summed E-state index contributed by atoms with van der Waals surface area (Å²) < 4.78 is 44.4. The number of ether oxygens (including phenoxy) is 2. The second kappa shape index (κ2) is 3.93. The van der Waals surface area contributed by atoms with Crippen LogP contribution in [0.5, 0.6) is 0 Å². The summed E-state index contributed by atoms with van der Waals surface area (Å²) in [6, 6.07) is 0. The van der Waals surface area contributed by atoms with Crippen LogP contribution in [-0.4, -0.2) is 36.9 Å². The molecule has 0 radical (unpaired) electrons. The van der Waals surface area contributed by atoms with Gasteiger partial charge in [0.2, 0.25) is 0 Å². The van der Waals surface area contributed by atoms with E-state index in [1.54, 1.807) is 0 Å². The van der Waals surface area contributed by atoms with E-state index < -0.39 is 18.9 Å². The van der Waals surface area contributed by atoms with E-state index in [1.807, 2.05) is 0 Å². The van der Waals surface area contributed by atoms with Gasteiger partial charge < -0.3 is 9.47 Å². The van der Waals surface area contributed by atoms with Gasteiger partial charge in [-0.05, 0) is 0 Å². The van der Waals surface area contributed by atoms with Crippen LogP contribution in [0.3, 0.4) is 0 Å². The molecular formula is C6H8BrF3O2. The van der Waals surface area contributed by atoms with Gasteiger partial charge in [0, 0.05) is 0 Å². The van der Waals surface area contributed by atoms with Gasteiger partial charge in [-0.2, -0.15) is 13.2 Å². The predicted molar refractivity (Wildman–Crippen MR) is 39.3 cm³/mol. The second-order valence-corrected chi connectivity index (χ2v) is 3.69.